The fraction of sp³-hybridized carbons (Fsp3) is 0.857. The molecule has 0 bridgehead atoms. The first-order chi connectivity index (χ1) is 27.2. The summed E-state index contributed by atoms with van der Waals surface area (Å²) in [5.74, 6) is 9.18. The minimum Gasteiger partial charge on any atom is -0.179 e. The molecule has 0 amide bonds. The monoisotopic (exact) mass is 1070 g/mol. The number of halogens is 1. The van der Waals surface area contributed by atoms with Gasteiger partial charge in [0.05, 0.1) is 32.3 Å². The Morgan fingerprint density at radius 1 is 0.286 bits per heavy atom. The highest BCUT2D eigenvalue weighted by atomic mass is 79.9. The van der Waals surface area contributed by atoms with E-state index in [0.29, 0.717) is 0 Å². The Kier molecular flexibility index (Phi) is 37.1. The van der Waals surface area contributed by atoms with Crippen molar-refractivity contribution in [3.05, 3.63) is 28.7 Å². The molecule has 0 saturated carbocycles. The minimum atomic E-state index is -1.87. The van der Waals surface area contributed by atoms with Gasteiger partial charge in [-0.15, -0.1) is 0 Å². The van der Waals surface area contributed by atoms with E-state index in [2.05, 4.69) is 40.2 Å². The molecule has 0 spiro atoms. The molecule has 0 atom stereocenters. The molecule has 0 aliphatic heterocycles. The molecule has 0 saturated heterocycles. The maximum absolute atomic E-state index is 4.73. The third kappa shape index (κ3) is 23.6. The van der Waals surface area contributed by atoms with Gasteiger partial charge in [-0.05, 0) is 122 Å². The molecule has 0 radical (unpaired) electrons. The predicted octanol–water partition coefficient (Wildman–Crippen LogP) is 15.5. The summed E-state index contributed by atoms with van der Waals surface area (Å²) >= 11 is 46.4. The van der Waals surface area contributed by atoms with E-state index in [1.807, 2.05) is 0 Å². The lowest BCUT2D eigenvalue weighted by atomic mass is 10.4. The standard InChI is InChI=1S/C42H85BrS9Si4/c43-41-13-15-42(16-14-41)56(38-10-35-53(26-1-17-44,27-2-18-45)28-3-19-46,39-11-36-54(29-4-20-47,30-5-21-48)31-6-22-49)40-12-37-55(32-7-23-50,33-8-24-51)34-9-25-52/h13-16,44-52H,1-12,17-40H2. The topological polar surface area (TPSA) is 0 Å². The van der Waals surface area contributed by atoms with E-state index in [9.17, 15) is 0 Å². The van der Waals surface area contributed by atoms with E-state index in [1.54, 1.807) is 5.19 Å². The third-order valence-electron chi connectivity index (χ3n) is 13.3. The highest BCUT2D eigenvalue weighted by molar-refractivity contribution is 9.10. The summed E-state index contributed by atoms with van der Waals surface area (Å²) in [5, 5.41) is 1.75. The third-order valence-corrected chi connectivity index (χ3v) is 39.2. The highest BCUT2D eigenvalue weighted by Crippen LogP contribution is 2.40. The van der Waals surface area contributed by atoms with Gasteiger partial charge in [0.2, 0.25) is 0 Å². The second-order valence-electron chi connectivity index (χ2n) is 17.3. The number of benzene rings is 1. The number of rotatable bonds is 40. The average molecular weight is 1070 g/mol. The minimum absolute atomic E-state index is 1.02. The van der Waals surface area contributed by atoms with Gasteiger partial charge in [-0.1, -0.05) is 143 Å². The summed E-state index contributed by atoms with van der Waals surface area (Å²) in [6.45, 7) is 0. The Labute approximate surface area is 410 Å². The van der Waals surface area contributed by atoms with E-state index < -0.39 is 32.3 Å². The molecule has 0 heterocycles. The second-order valence-corrected chi connectivity index (χ2v) is 41.9. The van der Waals surface area contributed by atoms with Gasteiger partial charge in [0.1, 0.15) is 0 Å². The van der Waals surface area contributed by atoms with Gasteiger partial charge >= 0.3 is 0 Å². The molecule has 330 valence electrons. The summed E-state index contributed by atoms with van der Waals surface area (Å²) in [6, 6.07) is 31.7. The zero-order chi connectivity index (χ0) is 41.4. The van der Waals surface area contributed by atoms with Crippen molar-refractivity contribution in [2.24, 2.45) is 0 Å². The van der Waals surface area contributed by atoms with Crippen LogP contribution in [0, 0.1) is 0 Å². The van der Waals surface area contributed by atoms with Crippen LogP contribution in [0.1, 0.15) is 77.0 Å². The smallest absolute Gasteiger partial charge is 0.0866 e. The molecule has 1 aromatic carbocycles. The van der Waals surface area contributed by atoms with Crippen LogP contribution in [0.5, 0.6) is 0 Å². The molecule has 0 fully saturated rings. The van der Waals surface area contributed by atoms with E-state index in [4.69, 9.17) is 114 Å². The van der Waals surface area contributed by atoms with Crippen molar-refractivity contribution in [1.29, 1.82) is 0 Å². The van der Waals surface area contributed by atoms with Crippen molar-refractivity contribution < 1.29 is 0 Å². The summed E-state index contributed by atoms with van der Waals surface area (Å²) in [5.41, 5.74) is 0. The van der Waals surface area contributed by atoms with Gasteiger partial charge in [-0.2, -0.15) is 114 Å². The summed E-state index contributed by atoms with van der Waals surface area (Å²) in [6.07, 6.45) is 15.7. The second kappa shape index (κ2) is 36.0. The molecule has 0 aromatic heterocycles. The first kappa shape index (κ1) is 57.7. The van der Waals surface area contributed by atoms with Gasteiger partial charge < -0.3 is 0 Å². The van der Waals surface area contributed by atoms with Crippen molar-refractivity contribution >= 4 is 167 Å². The fourth-order valence-corrected chi connectivity index (χ4v) is 36.5. The Bertz CT molecular complexity index is 901. The van der Waals surface area contributed by atoms with Crippen molar-refractivity contribution in [2.45, 2.75) is 168 Å². The van der Waals surface area contributed by atoms with Crippen LogP contribution in [0.25, 0.3) is 0 Å². The molecule has 0 unspecified atom stereocenters. The Hall–Kier alpha value is 3.72. The summed E-state index contributed by atoms with van der Waals surface area (Å²) < 4.78 is 1.22. The first-order valence-electron chi connectivity index (χ1n) is 22.4. The lowest BCUT2D eigenvalue weighted by molar-refractivity contribution is 0.850. The van der Waals surface area contributed by atoms with Crippen LogP contribution in [0.15, 0.2) is 28.7 Å². The van der Waals surface area contributed by atoms with E-state index in [1.165, 1.54) is 172 Å². The van der Waals surface area contributed by atoms with Crippen LogP contribution < -0.4 is 5.19 Å². The first-order valence-corrected chi connectivity index (χ1v) is 40.0. The van der Waals surface area contributed by atoms with Crippen molar-refractivity contribution in [2.75, 3.05) is 51.8 Å². The van der Waals surface area contributed by atoms with Gasteiger partial charge in [-0.25, -0.2) is 0 Å². The molecule has 0 N–H and O–H groups in total. The van der Waals surface area contributed by atoms with Crippen molar-refractivity contribution in [3.63, 3.8) is 0 Å². The fourth-order valence-electron chi connectivity index (χ4n) is 10.4. The van der Waals surface area contributed by atoms with E-state index in [-0.39, 0.29) is 0 Å². The van der Waals surface area contributed by atoms with Gasteiger partial charge in [0.15, 0.2) is 0 Å². The number of hydrogen-bond donors (Lipinski definition) is 9. The quantitative estimate of drug-likeness (QED) is 0.0227. The lowest BCUT2D eigenvalue weighted by Crippen LogP contribution is -2.49. The molecule has 1 rings (SSSR count). The van der Waals surface area contributed by atoms with Crippen molar-refractivity contribution in [3.8, 4) is 0 Å². The van der Waals surface area contributed by atoms with Crippen LogP contribution in [0.4, 0.5) is 0 Å². The number of hydrogen-bond acceptors (Lipinski definition) is 9. The normalized spacial score (nSPS) is 12.9. The van der Waals surface area contributed by atoms with E-state index in [0.717, 1.165) is 51.8 Å². The SMILES string of the molecule is SCCC[Si](CCCS)(CCCS)CCC[Si](CCC[Si](CCCS)(CCCS)CCCS)(CCC[Si](CCCS)(CCCS)CCCS)c1ccc(Br)cc1. The van der Waals surface area contributed by atoms with Crippen LogP contribution in [0.2, 0.25) is 90.7 Å². The van der Waals surface area contributed by atoms with Gasteiger partial charge in [0, 0.05) is 4.47 Å². The highest BCUT2D eigenvalue weighted by Gasteiger charge is 2.40. The average Bonchev–Trinajstić information content (AvgIpc) is 3.22. The lowest BCUT2D eigenvalue weighted by Gasteiger charge is -2.39. The Balaban J connectivity index is 3.74. The van der Waals surface area contributed by atoms with E-state index >= 15 is 0 Å². The molecule has 14 heteroatoms. The molecule has 0 aliphatic carbocycles. The van der Waals surface area contributed by atoms with Crippen LogP contribution in [0.3, 0.4) is 0 Å². The molecule has 0 aliphatic rings. The Morgan fingerprint density at radius 2 is 0.482 bits per heavy atom. The Morgan fingerprint density at radius 3 is 0.679 bits per heavy atom. The van der Waals surface area contributed by atoms with Gasteiger partial charge in [0.25, 0.3) is 0 Å². The molecular formula is C42H85BrS9Si4. The molecule has 1 aromatic rings. The maximum Gasteiger partial charge on any atom is 0.0866 e. The number of thiol groups is 9. The zero-order valence-electron chi connectivity index (χ0n) is 35.2. The van der Waals surface area contributed by atoms with Gasteiger partial charge in [-0.3, -0.25) is 0 Å². The summed E-state index contributed by atoms with van der Waals surface area (Å²) in [4.78, 5) is 0. The zero-order valence-corrected chi connectivity index (χ0v) is 48.8. The molecule has 0 nitrogen and oxygen atoms in total. The molecule has 56 heavy (non-hydrogen) atoms. The van der Waals surface area contributed by atoms with Crippen LogP contribution in [-0.2, 0) is 0 Å². The molecular weight excluding hydrogens is 985 g/mol. The largest absolute Gasteiger partial charge is 0.179 e. The summed E-state index contributed by atoms with van der Waals surface area (Å²) in [7, 11) is -6.19. The van der Waals surface area contributed by atoms with Crippen molar-refractivity contribution in [1.82, 2.24) is 0 Å². The van der Waals surface area contributed by atoms with Crippen LogP contribution in [-0.4, -0.2) is 84.1 Å². The predicted molar refractivity (Wildman–Crippen MR) is 309 cm³/mol. The van der Waals surface area contributed by atoms with Crippen LogP contribution >= 0.6 is 130 Å². The maximum atomic E-state index is 4.73.